The molecule has 2 N–H and O–H groups in total. The number of hydrogen-bond acceptors (Lipinski definition) is 4. The van der Waals surface area contributed by atoms with Gasteiger partial charge in [0.2, 0.25) is 5.89 Å². The van der Waals surface area contributed by atoms with Crippen molar-refractivity contribution in [1.29, 1.82) is 0 Å². The van der Waals surface area contributed by atoms with E-state index >= 15 is 0 Å². The molecule has 6 heteroatoms. The number of amides is 2. The highest BCUT2D eigenvalue weighted by Gasteiger charge is 2.12. The lowest BCUT2D eigenvalue weighted by molar-refractivity contribution is 0.182. The summed E-state index contributed by atoms with van der Waals surface area (Å²) in [4.78, 5) is 17.6. The zero-order valence-electron chi connectivity index (χ0n) is 12.2. The first kappa shape index (κ1) is 15.8. The predicted molar refractivity (Wildman–Crippen MR) is 83.0 cm³/mol. The number of aromatic nitrogens is 1. The maximum absolute atomic E-state index is 12.0. The Bertz CT molecular complexity index is 610. The average Bonchev–Trinajstić information content (AvgIpc) is 3.02. The van der Waals surface area contributed by atoms with Gasteiger partial charge in [-0.05, 0) is 0 Å². The lowest BCUT2D eigenvalue weighted by Gasteiger charge is -2.19. The van der Waals surface area contributed by atoms with Gasteiger partial charge < -0.3 is 19.7 Å². The fraction of sp³-hybridized carbons (Fsp3) is 0.250. The van der Waals surface area contributed by atoms with Crippen LogP contribution >= 0.6 is 0 Å². The van der Waals surface area contributed by atoms with Gasteiger partial charge in [0.25, 0.3) is 0 Å². The number of carbonyl (C=O) groups excluding carboxylic acids is 1. The van der Waals surface area contributed by atoms with Crippen LogP contribution in [0.5, 0.6) is 0 Å². The molecule has 2 amide bonds. The number of rotatable bonds is 7. The summed E-state index contributed by atoms with van der Waals surface area (Å²) in [5.41, 5.74) is 0.932. The molecular weight excluding hydrogens is 282 g/mol. The molecule has 0 atom stereocenters. The Morgan fingerprint density at radius 1 is 1.41 bits per heavy atom. The van der Waals surface area contributed by atoms with Gasteiger partial charge in [-0.25, -0.2) is 9.78 Å². The molecule has 0 aliphatic rings. The largest absolute Gasteiger partial charge is 0.439 e. The SMILES string of the molecule is C=CCN(CCO)C(=O)NCc1ncc(-c2ccccc2)o1. The van der Waals surface area contributed by atoms with Crippen LogP contribution in [0.4, 0.5) is 4.79 Å². The van der Waals surface area contributed by atoms with E-state index in [1.807, 2.05) is 30.3 Å². The van der Waals surface area contributed by atoms with Crippen molar-refractivity contribution in [2.24, 2.45) is 0 Å². The normalized spacial score (nSPS) is 10.2. The molecule has 0 unspecified atom stereocenters. The van der Waals surface area contributed by atoms with Gasteiger partial charge in [0.05, 0.1) is 19.3 Å². The summed E-state index contributed by atoms with van der Waals surface area (Å²) in [5, 5.41) is 11.6. The first-order chi connectivity index (χ1) is 10.7. The summed E-state index contributed by atoms with van der Waals surface area (Å²) < 4.78 is 5.61. The molecule has 0 fully saturated rings. The van der Waals surface area contributed by atoms with Gasteiger partial charge in [0.1, 0.15) is 0 Å². The third-order valence-corrected chi connectivity index (χ3v) is 3.01. The molecule has 116 valence electrons. The number of nitrogens with one attached hydrogen (secondary N) is 1. The first-order valence-corrected chi connectivity index (χ1v) is 6.99. The molecular formula is C16H19N3O3. The Hall–Kier alpha value is -2.60. The Kier molecular flexibility index (Phi) is 5.73. The first-order valence-electron chi connectivity index (χ1n) is 6.99. The van der Waals surface area contributed by atoms with Crippen molar-refractivity contribution in [3.8, 4) is 11.3 Å². The van der Waals surface area contributed by atoms with Crippen LogP contribution in [0.2, 0.25) is 0 Å². The Morgan fingerprint density at radius 2 is 2.18 bits per heavy atom. The van der Waals surface area contributed by atoms with Crippen molar-refractivity contribution < 1.29 is 14.3 Å². The number of aliphatic hydroxyl groups excluding tert-OH is 1. The second-order valence-corrected chi connectivity index (χ2v) is 4.60. The summed E-state index contributed by atoms with van der Waals surface area (Å²) in [5.74, 6) is 1.08. The van der Waals surface area contributed by atoms with Gasteiger partial charge in [-0.3, -0.25) is 0 Å². The molecule has 0 aliphatic carbocycles. The number of oxazole rings is 1. The highest BCUT2D eigenvalue weighted by atomic mass is 16.4. The maximum Gasteiger partial charge on any atom is 0.318 e. The molecule has 2 aromatic rings. The van der Waals surface area contributed by atoms with E-state index in [9.17, 15) is 4.79 Å². The summed E-state index contributed by atoms with van der Waals surface area (Å²) in [6.07, 6.45) is 3.24. The maximum atomic E-state index is 12.0. The number of urea groups is 1. The number of aliphatic hydroxyl groups is 1. The predicted octanol–water partition coefficient (Wildman–Crippen LogP) is 2.03. The van der Waals surface area contributed by atoms with Crippen LogP contribution < -0.4 is 5.32 Å². The van der Waals surface area contributed by atoms with E-state index in [4.69, 9.17) is 9.52 Å². The van der Waals surface area contributed by atoms with Crippen molar-refractivity contribution in [2.45, 2.75) is 6.54 Å². The summed E-state index contributed by atoms with van der Waals surface area (Å²) in [6.45, 7) is 4.29. The second-order valence-electron chi connectivity index (χ2n) is 4.60. The quantitative estimate of drug-likeness (QED) is 0.767. The molecule has 0 saturated carbocycles. The van der Waals surface area contributed by atoms with Crippen LogP contribution in [0.25, 0.3) is 11.3 Å². The molecule has 0 radical (unpaired) electrons. The van der Waals surface area contributed by atoms with E-state index < -0.39 is 0 Å². The summed E-state index contributed by atoms with van der Waals surface area (Å²) in [7, 11) is 0. The smallest absolute Gasteiger partial charge is 0.318 e. The van der Waals surface area contributed by atoms with Gasteiger partial charge in [-0.1, -0.05) is 36.4 Å². The fourth-order valence-corrected chi connectivity index (χ4v) is 1.94. The third-order valence-electron chi connectivity index (χ3n) is 3.01. The van der Waals surface area contributed by atoms with Crippen LogP contribution in [0.3, 0.4) is 0 Å². The Labute approximate surface area is 129 Å². The molecule has 0 aliphatic heterocycles. The summed E-state index contributed by atoms with van der Waals surface area (Å²) >= 11 is 0. The minimum atomic E-state index is -0.298. The van der Waals surface area contributed by atoms with Crippen LogP contribution in [-0.4, -0.2) is 40.7 Å². The van der Waals surface area contributed by atoms with Gasteiger partial charge in [0.15, 0.2) is 5.76 Å². The van der Waals surface area contributed by atoms with Crippen molar-refractivity contribution in [2.75, 3.05) is 19.7 Å². The Morgan fingerprint density at radius 3 is 2.86 bits per heavy atom. The third kappa shape index (κ3) is 4.20. The molecule has 1 heterocycles. The zero-order chi connectivity index (χ0) is 15.8. The zero-order valence-corrected chi connectivity index (χ0v) is 12.2. The number of carbonyl (C=O) groups is 1. The van der Waals surface area contributed by atoms with Crippen LogP contribution in [0.15, 0.2) is 53.6 Å². The van der Waals surface area contributed by atoms with Gasteiger partial charge in [-0.2, -0.15) is 0 Å². The monoisotopic (exact) mass is 301 g/mol. The van der Waals surface area contributed by atoms with Gasteiger partial charge in [0, 0.05) is 18.7 Å². The number of hydrogen-bond donors (Lipinski definition) is 2. The summed E-state index contributed by atoms with van der Waals surface area (Å²) in [6, 6.07) is 9.32. The number of benzene rings is 1. The molecule has 0 saturated heterocycles. The van der Waals surface area contributed by atoms with E-state index in [1.165, 1.54) is 4.90 Å². The second kappa shape index (κ2) is 7.99. The van der Waals surface area contributed by atoms with E-state index in [-0.39, 0.29) is 25.7 Å². The van der Waals surface area contributed by atoms with Gasteiger partial charge in [-0.15, -0.1) is 6.58 Å². The van der Waals surface area contributed by atoms with E-state index in [1.54, 1.807) is 12.3 Å². The van der Waals surface area contributed by atoms with Crippen molar-refractivity contribution in [3.63, 3.8) is 0 Å². The van der Waals surface area contributed by atoms with E-state index in [0.29, 0.717) is 18.2 Å². The highest BCUT2D eigenvalue weighted by Crippen LogP contribution is 2.19. The van der Waals surface area contributed by atoms with Gasteiger partial charge >= 0.3 is 6.03 Å². The molecule has 2 rings (SSSR count). The standard InChI is InChI=1S/C16H19N3O3/c1-2-8-19(9-10-20)16(21)18-12-15-17-11-14(22-15)13-6-4-3-5-7-13/h2-7,11,20H,1,8-10,12H2,(H,18,21). The van der Waals surface area contributed by atoms with Crippen LogP contribution in [-0.2, 0) is 6.54 Å². The molecule has 1 aromatic heterocycles. The Balaban J connectivity index is 1.93. The molecule has 1 aromatic carbocycles. The lowest BCUT2D eigenvalue weighted by atomic mass is 10.2. The molecule has 0 spiro atoms. The highest BCUT2D eigenvalue weighted by molar-refractivity contribution is 5.74. The fourth-order valence-electron chi connectivity index (χ4n) is 1.94. The minimum absolute atomic E-state index is 0.0988. The number of nitrogens with zero attached hydrogens (tertiary/aromatic N) is 2. The minimum Gasteiger partial charge on any atom is -0.439 e. The van der Waals surface area contributed by atoms with E-state index in [0.717, 1.165) is 5.56 Å². The molecule has 0 bridgehead atoms. The van der Waals surface area contributed by atoms with Crippen molar-refractivity contribution in [1.82, 2.24) is 15.2 Å². The van der Waals surface area contributed by atoms with E-state index in [2.05, 4.69) is 16.9 Å². The van der Waals surface area contributed by atoms with Crippen molar-refractivity contribution >= 4 is 6.03 Å². The lowest BCUT2D eigenvalue weighted by Crippen LogP contribution is -2.41. The van der Waals surface area contributed by atoms with Crippen LogP contribution in [0, 0.1) is 0 Å². The molecule has 6 nitrogen and oxygen atoms in total. The van der Waals surface area contributed by atoms with Crippen molar-refractivity contribution in [3.05, 3.63) is 55.1 Å². The molecule has 22 heavy (non-hydrogen) atoms. The van der Waals surface area contributed by atoms with Crippen LogP contribution in [0.1, 0.15) is 5.89 Å². The average molecular weight is 301 g/mol. The topological polar surface area (TPSA) is 78.6 Å².